The van der Waals surface area contributed by atoms with Crippen LogP contribution in [0.3, 0.4) is 0 Å². The smallest absolute Gasteiger partial charge is 0.307 e. The van der Waals surface area contributed by atoms with Crippen LogP contribution in [0, 0.1) is 0 Å². The second-order valence-corrected chi connectivity index (χ2v) is 4.89. The van der Waals surface area contributed by atoms with Gasteiger partial charge in [0.15, 0.2) is 5.82 Å². The summed E-state index contributed by atoms with van der Waals surface area (Å²) in [5.41, 5.74) is -1.73. The van der Waals surface area contributed by atoms with Crippen molar-refractivity contribution in [2.24, 2.45) is 0 Å². The predicted octanol–water partition coefficient (Wildman–Crippen LogP) is 2.00. The second kappa shape index (κ2) is 5.03. The summed E-state index contributed by atoms with van der Waals surface area (Å²) in [5, 5.41) is 9.27. The SMILES string of the molecule is O=c1[nH]nc(C2CCCN2)n1-c1ccccc1C(F)(F)F. The molecule has 1 atom stereocenters. The van der Waals surface area contributed by atoms with Crippen molar-refractivity contribution in [3.8, 4) is 5.69 Å². The van der Waals surface area contributed by atoms with Crippen molar-refractivity contribution in [3.05, 3.63) is 46.1 Å². The Labute approximate surface area is 117 Å². The zero-order valence-electron chi connectivity index (χ0n) is 10.9. The molecule has 1 fully saturated rings. The Morgan fingerprint density at radius 2 is 2.05 bits per heavy atom. The molecule has 2 heterocycles. The van der Waals surface area contributed by atoms with Gasteiger partial charge < -0.3 is 5.32 Å². The molecule has 112 valence electrons. The number of alkyl halides is 3. The first kappa shape index (κ1) is 13.9. The molecule has 1 aromatic heterocycles. The molecule has 1 unspecified atom stereocenters. The predicted molar refractivity (Wildman–Crippen MR) is 69.2 cm³/mol. The van der Waals surface area contributed by atoms with Gasteiger partial charge in [-0.15, -0.1) is 0 Å². The minimum atomic E-state index is -4.53. The molecule has 2 N–H and O–H groups in total. The first-order chi connectivity index (χ1) is 9.98. The highest BCUT2D eigenvalue weighted by Crippen LogP contribution is 2.34. The molecule has 21 heavy (non-hydrogen) atoms. The van der Waals surface area contributed by atoms with Crippen LogP contribution in [-0.4, -0.2) is 21.3 Å². The second-order valence-electron chi connectivity index (χ2n) is 4.89. The quantitative estimate of drug-likeness (QED) is 0.891. The fourth-order valence-electron chi connectivity index (χ4n) is 2.59. The summed E-state index contributed by atoms with van der Waals surface area (Å²) in [6.07, 6.45) is -2.90. The summed E-state index contributed by atoms with van der Waals surface area (Å²) in [6, 6.07) is 4.78. The van der Waals surface area contributed by atoms with Crippen LogP contribution in [0.2, 0.25) is 0 Å². The number of nitrogens with zero attached hydrogens (tertiary/aromatic N) is 2. The number of benzene rings is 1. The lowest BCUT2D eigenvalue weighted by molar-refractivity contribution is -0.137. The van der Waals surface area contributed by atoms with Crippen molar-refractivity contribution >= 4 is 0 Å². The van der Waals surface area contributed by atoms with Gasteiger partial charge >= 0.3 is 11.9 Å². The third-order valence-corrected chi connectivity index (χ3v) is 3.52. The molecule has 0 spiro atoms. The number of halogens is 3. The summed E-state index contributed by atoms with van der Waals surface area (Å²) in [4.78, 5) is 11.9. The van der Waals surface area contributed by atoms with Crippen molar-refractivity contribution in [3.63, 3.8) is 0 Å². The lowest BCUT2D eigenvalue weighted by atomic mass is 10.1. The molecular formula is C13H13F3N4O. The molecule has 1 saturated heterocycles. The maximum atomic E-state index is 13.1. The Hall–Kier alpha value is -2.09. The van der Waals surface area contributed by atoms with Crippen LogP contribution in [0.1, 0.15) is 30.3 Å². The molecule has 0 bridgehead atoms. The molecule has 0 radical (unpaired) electrons. The van der Waals surface area contributed by atoms with Crippen molar-refractivity contribution in [2.45, 2.75) is 25.1 Å². The molecule has 0 amide bonds. The molecule has 3 rings (SSSR count). The topological polar surface area (TPSA) is 62.7 Å². The van der Waals surface area contributed by atoms with E-state index in [0.29, 0.717) is 0 Å². The van der Waals surface area contributed by atoms with Gasteiger partial charge in [0.25, 0.3) is 0 Å². The maximum Gasteiger partial charge on any atom is 0.418 e. The van der Waals surface area contributed by atoms with Gasteiger partial charge in [-0.1, -0.05) is 12.1 Å². The lowest BCUT2D eigenvalue weighted by Crippen LogP contribution is -2.24. The van der Waals surface area contributed by atoms with E-state index in [2.05, 4.69) is 15.5 Å². The highest BCUT2D eigenvalue weighted by Gasteiger charge is 2.35. The number of aromatic amines is 1. The van der Waals surface area contributed by atoms with E-state index in [9.17, 15) is 18.0 Å². The third-order valence-electron chi connectivity index (χ3n) is 3.52. The van der Waals surface area contributed by atoms with Crippen molar-refractivity contribution in [1.29, 1.82) is 0 Å². The van der Waals surface area contributed by atoms with E-state index >= 15 is 0 Å². The number of aromatic nitrogens is 3. The van der Waals surface area contributed by atoms with Gasteiger partial charge in [0, 0.05) is 0 Å². The summed E-state index contributed by atoms with van der Waals surface area (Å²) in [5.74, 6) is 0.286. The molecular weight excluding hydrogens is 285 g/mol. The molecule has 0 saturated carbocycles. The van der Waals surface area contributed by atoms with Crippen molar-refractivity contribution in [1.82, 2.24) is 20.1 Å². The molecule has 1 aliphatic rings. The summed E-state index contributed by atoms with van der Waals surface area (Å²) < 4.78 is 40.4. The molecule has 1 aromatic carbocycles. The number of hydrogen-bond acceptors (Lipinski definition) is 3. The Morgan fingerprint density at radius 3 is 2.71 bits per heavy atom. The standard InChI is InChI=1S/C13H13F3N4O/c14-13(15,16)8-4-1-2-6-10(8)20-11(18-19-12(20)21)9-5-3-7-17-9/h1-2,4,6,9,17H,3,5,7H2,(H,19,21). The first-order valence-electron chi connectivity index (χ1n) is 6.56. The first-order valence-corrected chi connectivity index (χ1v) is 6.56. The van der Waals surface area contributed by atoms with E-state index in [1.165, 1.54) is 18.2 Å². The van der Waals surface area contributed by atoms with E-state index in [0.717, 1.165) is 30.0 Å². The highest BCUT2D eigenvalue weighted by molar-refractivity contribution is 5.43. The summed E-state index contributed by atoms with van der Waals surface area (Å²) >= 11 is 0. The van der Waals surface area contributed by atoms with Gasteiger partial charge in [-0.3, -0.25) is 0 Å². The average molecular weight is 298 g/mol. The highest BCUT2D eigenvalue weighted by atomic mass is 19.4. The van der Waals surface area contributed by atoms with E-state index < -0.39 is 17.4 Å². The van der Waals surface area contributed by atoms with Gasteiger partial charge in [0.1, 0.15) is 0 Å². The van der Waals surface area contributed by atoms with E-state index in [1.54, 1.807) is 0 Å². The minimum absolute atomic E-state index is 0.201. The third kappa shape index (κ3) is 2.46. The number of H-pyrrole nitrogens is 1. The number of hydrogen-bond donors (Lipinski definition) is 2. The average Bonchev–Trinajstić information content (AvgIpc) is 3.06. The Kier molecular flexibility index (Phi) is 3.32. The molecule has 5 nitrogen and oxygen atoms in total. The van der Waals surface area contributed by atoms with E-state index in [1.807, 2.05) is 0 Å². The van der Waals surface area contributed by atoms with Gasteiger partial charge in [-0.25, -0.2) is 14.5 Å². The van der Waals surface area contributed by atoms with Crippen LogP contribution < -0.4 is 11.0 Å². The van der Waals surface area contributed by atoms with Crippen LogP contribution in [0.4, 0.5) is 13.2 Å². The minimum Gasteiger partial charge on any atom is -0.307 e. The fourth-order valence-corrected chi connectivity index (χ4v) is 2.59. The zero-order valence-corrected chi connectivity index (χ0v) is 10.9. The van der Waals surface area contributed by atoms with Crippen LogP contribution in [0.25, 0.3) is 5.69 Å². The number of para-hydroxylation sites is 1. The molecule has 0 aliphatic carbocycles. The summed E-state index contributed by atoms with van der Waals surface area (Å²) in [6.45, 7) is 0.757. The summed E-state index contributed by atoms with van der Waals surface area (Å²) in [7, 11) is 0. The van der Waals surface area contributed by atoms with Crippen molar-refractivity contribution < 1.29 is 13.2 Å². The van der Waals surface area contributed by atoms with Gasteiger partial charge in [-0.2, -0.15) is 18.3 Å². The van der Waals surface area contributed by atoms with Crippen molar-refractivity contribution in [2.75, 3.05) is 6.54 Å². The Balaban J connectivity index is 2.18. The molecule has 2 aromatic rings. The van der Waals surface area contributed by atoms with Crippen LogP contribution in [0.5, 0.6) is 0 Å². The van der Waals surface area contributed by atoms with Crippen LogP contribution >= 0.6 is 0 Å². The van der Waals surface area contributed by atoms with Gasteiger partial charge in [-0.05, 0) is 31.5 Å². The van der Waals surface area contributed by atoms with Crippen LogP contribution in [-0.2, 0) is 6.18 Å². The van der Waals surface area contributed by atoms with E-state index in [-0.39, 0.29) is 17.6 Å². The Bertz CT molecular complexity index is 698. The van der Waals surface area contributed by atoms with Gasteiger partial charge in [0.05, 0.1) is 17.3 Å². The molecule has 1 aliphatic heterocycles. The van der Waals surface area contributed by atoms with E-state index in [4.69, 9.17) is 0 Å². The maximum absolute atomic E-state index is 13.1. The normalized spacial score (nSPS) is 19.1. The van der Waals surface area contributed by atoms with Gasteiger partial charge in [0.2, 0.25) is 0 Å². The Morgan fingerprint density at radius 1 is 1.29 bits per heavy atom. The number of nitrogens with one attached hydrogen (secondary N) is 2. The fraction of sp³-hybridized carbons (Fsp3) is 0.385. The largest absolute Gasteiger partial charge is 0.418 e. The zero-order chi connectivity index (χ0) is 15.0. The van der Waals surface area contributed by atoms with Crippen LogP contribution in [0.15, 0.2) is 29.1 Å². The number of rotatable bonds is 2. The molecule has 8 heteroatoms. The lowest BCUT2D eigenvalue weighted by Gasteiger charge is -2.16. The monoisotopic (exact) mass is 298 g/mol.